The van der Waals surface area contributed by atoms with Crippen molar-refractivity contribution in [1.29, 1.82) is 0 Å². The standard InChI is InChI=1S/C22H15BrN2/c1-25-21-19-12-5-3-10-17(19)16-9-2-4-11-18(16)20(21)24-22(25)14-7-6-8-15(23)13-14/h2-13H,1H3. The van der Waals surface area contributed by atoms with E-state index in [4.69, 9.17) is 4.98 Å². The van der Waals surface area contributed by atoms with Gasteiger partial charge in [0.25, 0.3) is 0 Å². The number of aryl methyl sites for hydroxylation is 1. The molecule has 0 aliphatic rings. The lowest BCUT2D eigenvalue weighted by molar-refractivity contribution is 0.962. The van der Waals surface area contributed by atoms with Gasteiger partial charge in [-0.2, -0.15) is 0 Å². The quantitative estimate of drug-likeness (QED) is 0.308. The van der Waals surface area contributed by atoms with E-state index in [0.29, 0.717) is 0 Å². The minimum absolute atomic E-state index is 0.984. The van der Waals surface area contributed by atoms with Gasteiger partial charge >= 0.3 is 0 Å². The van der Waals surface area contributed by atoms with E-state index in [1.165, 1.54) is 27.1 Å². The lowest BCUT2D eigenvalue weighted by Crippen LogP contribution is -1.93. The van der Waals surface area contributed by atoms with Crippen LogP contribution in [0.5, 0.6) is 0 Å². The third-order valence-electron chi connectivity index (χ3n) is 4.83. The molecule has 0 fully saturated rings. The van der Waals surface area contributed by atoms with E-state index < -0.39 is 0 Å². The molecule has 0 saturated heterocycles. The van der Waals surface area contributed by atoms with E-state index in [1.807, 2.05) is 6.07 Å². The van der Waals surface area contributed by atoms with Crippen LogP contribution in [0.1, 0.15) is 0 Å². The predicted molar refractivity (Wildman–Crippen MR) is 109 cm³/mol. The van der Waals surface area contributed by atoms with E-state index in [-0.39, 0.29) is 0 Å². The fourth-order valence-electron chi connectivity index (χ4n) is 3.73. The normalized spacial score (nSPS) is 11.6. The Morgan fingerprint density at radius 2 is 1.40 bits per heavy atom. The molecule has 25 heavy (non-hydrogen) atoms. The van der Waals surface area contributed by atoms with Crippen molar-refractivity contribution in [3.05, 3.63) is 77.3 Å². The highest BCUT2D eigenvalue weighted by Crippen LogP contribution is 2.36. The molecule has 0 amide bonds. The third-order valence-corrected chi connectivity index (χ3v) is 5.33. The minimum atomic E-state index is 0.984. The van der Waals surface area contributed by atoms with Crippen LogP contribution in [0.25, 0.3) is 44.0 Å². The maximum absolute atomic E-state index is 5.04. The Morgan fingerprint density at radius 3 is 2.12 bits per heavy atom. The number of benzene rings is 4. The molecule has 5 aromatic rings. The molecule has 0 unspecified atom stereocenters. The predicted octanol–water partition coefficient (Wildman–Crippen LogP) is 6.31. The second kappa shape index (κ2) is 5.43. The summed E-state index contributed by atoms with van der Waals surface area (Å²) in [5.41, 5.74) is 3.36. The SMILES string of the molecule is Cn1c(-c2cccc(Br)c2)nc2c3ccccc3c3ccccc3c21. The summed E-state index contributed by atoms with van der Waals surface area (Å²) in [5, 5.41) is 4.97. The fraction of sp³-hybridized carbons (Fsp3) is 0.0455. The number of halogens is 1. The van der Waals surface area contributed by atoms with Gasteiger partial charge in [-0.05, 0) is 22.9 Å². The Bertz CT molecular complexity index is 1270. The van der Waals surface area contributed by atoms with Gasteiger partial charge in [-0.3, -0.25) is 0 Å². The van der Waals surface area contributed by atoms with Crippen molar-refractivity contribution in [2.24, 2.45) is 7.05 Å². The highest BCUT2D eigenvalue weighted by atomic mass is 79.9. The smallest absolute Gasteiger partial charge is 0.140 e. The van der Waals surface area contributed by atoms with Crippen molar-refractivity contribution in [3.8, 4) is 11.4 Å². The van der Waals surface area contributed by atoms with Crippen LogP contribution in [-0.4, -0.2) is 9.55 Å². The third kappa shape index (κ3) is 2.12. The van der Waals surface area contributed by atoms with Crippen LogP contribution in [0.4, 0.5) is 0 Å². The lowest BCUT2D eigenvalue weighted by atomic mass is 10.00. The molecule has 0 radical (unpaired) electrons. The number of imidazole rings is 1. The summed E-state index contributed by atoms with van der Waals surface area (Å²) in [6.07, 6.45) is 0. The van der Waals surface area contributed by atoms with Gasteiger partial charge in [0.05, 0.1) is 11.0 Å². The number of nitrogens with zero attached hydrogens (tertiary/aromatic N) is 2. The van der Waals surface area contributed by atoms with E-state index in [9.17, 15) is 0 Å². The van der Waals surface area contributed by atoms with Gasteiger partial charge in [-0.1, -0.05) is 76.6 Å². The Morgan fingerprint density at radius 1 is 0.760 bits per heavy atom. The van der Waals surface area contributed by atoms with Crippen molar-refractivity contribution in [2.45, 2.75) is 0 Å². The van der Waals surface area contributed by atoms with Crippen molar-refractivity contribution in [3.63, 3.8) is 0 Å². The first-order valence-electron chi connectivity index (χ1n) is 8.26. The van der Waals surface area contributed by atoms with Gasteiger partial charge in [-0.15, -0.1) is 0 Å². The molecule has 3 heteroatoms. The Hall–Kier alpha value is -2.65. The Balaban J connectivity index is 2.01. The molecular weight excluding hydrogens is 372 g/mol. The van der Waals surface area contributed by atoms with Crippen LogP contribution in [0.15, 0.2) is 77.3 Å². The number of rotatable bonds is 1. The summed E-state index contributed by atoms with van der Waals surface area (Å²) in [7, 11) is 2.10. The summed E-state index contributed by atoms with van der Waals surface area (Å²) < 4.78 is 3.28. The van der Waals surface area contributed by atoms with E-state index in [0.717, 1.165) is 21.4 Å². The highest BCUT2D eigenvalue weighted by molar-refractivity contribution is 9.10. The van der Waals surface area contributed by atoms with E-state index in [1.54, 1.807) is 0 Å². The van der Waals surface area contributed by atoms with Crippen molar-refractivity contribution < 1.29 is 0 Å². The van der Waals surface area contributed by atoms with Crippen LogP contribution < -0.4 is 0 Å². The molecule has 0 aliphatic heterocycles. The zero-order valence-corrected chi connectivity index (χ0v) is 15.3. The summed E-state index contributed by atoms with van der Waals surface area (Å²) in [5.74, 6) is 0.984. The van der Waals surface area contributed by atoms with Crippen molar-refractivity contribution >= 4 is 48.5 Å². The van der Waals surface area contributed by atoms with Gasteiger partial charge in [0, 0.05) is 27.9 Å². The summed E-state index contributed by atoms with van der Waals surface area (Å²) in [6.45, 7) is 0. The first kappa shape index (κ1) is 14.7. The second-order valence-electron chi connectivity index (χ2n) is 6.29. The Labute approximate surface area is 153 Å². The monoisotopic (exact) mass is 386 g/mol. The summed E-state index contributed by atoms with van der Waals surface area (Å²) in [4.78, 5) is 5.04. The topological polar surface area (TPSA) is 17.8 Å². The van der Waals surface area contributed by atoms with Gasteiger partial charge in [0.15, 0.2) is 0 Å². The second-order valence-corrected chi connectivity index (χ2v) is 7.21. The molecule has 4 aromatic carbocycles. The van der Waals surface area contributed by atoms with Crippen LogP contribution in [0, 0.1) is 0 Å². The highest BCUT2D eigenvalue weighted by Gasteiger charge is 2.16. The molecule has 0 bridgehead atoms. The van der Waals surface area contributed by atoms with Gasteiger partial charge < -0.3 is 4.57 Å². The minimum Gasteiger partial charge on any atom is -0.327 e. The summed E-state index contributed by atoms with van der Waals surface area (Å²) in [6, 6.07) is 25.4. The van der Waals surface area contributed by atoms with E-state index in [2.05, 4.69) is 94.3 Å². The van der Waals surface area contributed by atoms with Crippen LogP contribution in [0.2, 0.25) is 0 Å². The summed E-state index contributed by atoms with van der Waals surface area (Å²) >= 11 is 3.57. The maximum atomic E-state index is 5.04. The molecule has 0 saturated carbocycles. The molecular formula is C22H15BrN2. The largest absolute Gasteiger partial charge is 0.327 e. The molecule has 0 spiro atoms. The number of fused-ring (bicyclic) bond motifs is 6. The molecule has 2 nitrogen and oxygen atoms in total. The molecule has 0 N–H and O–H groups in total. The zero-order valence-electron chi connectivity index (χ0n) is 13.7. The maximum Gasteiger partial charge on any atom is 0.140 e. The van der Waals surface area contributed by atoms with Crippen LogP contribution in [-0.2, 0) is 7.05 Å². The van der Waals surface area contributed by atoms with Crippen molar-refractivity contribution in [2.75, 3.05) is 0 Å². The zero-order chi connectivity index (χ0) is 17.0. The number of hydrogen-bond acceptors (Lipinski definition) is 1. The average Bonchev–Trinajstić information content (AvgIpc) is 3.00. The van der Waals surface area contributed by atoms with E-state index >= 15 is 0 Å². The number of aromatic nitrogens is 2. The van der Waals surface area contributed by atoms with Gasteiger partial charge in [-0.25, -0.2) is 4.98 Å². The van der Waals surface area contributed by atoms with Gasteiger partial charge in [0.1, 0.15) is 5.82 Å². The molecule has 0 atom stereocenters. The molecule has 5 rings (SSSR count). The molecule has 0 aliphatic carbocycles. The van der Waals surface area contributed by atoms with Crippen LogP contribution >= 0.6 is 15.9 Å². The molecule has 1 heterocycles. The Kier molecular flexibility index (Phi) is 3.19. The fourth-order valence-corrected chi connectivity index (χ4v) is 4.13. The molecule has 120 valence electrons. The average molecular weight is 387 g/mol. The first-order valence-corrected chi connectivity index (χ1v) is 9.05. The van der Waals surface area contributed by atoms with Gasteiger partial charge in [0.2, 0.25) is 0 Å². The number of hydrogen-bond donors (Lipinski definition) is 0. The lowest BCUT2D eigenvalue weighted by Gasteiger charge is -2.08. The van der Waals surface area contributed by atoms with Crippen molar-refractivity contribution in [1.82, 2.24) is 9.55 Å². The van der Waals surface area contributed by atoms with Crippen LogP contribution in [0.3, 0.4) is 0 Å². The first-order chi connectivity index (χ1) is 12.2. The molecule has 1 aromatic heterocycles.